The van der Waals surface area contributed by atoms with E-state index in [1.807, 2.05) is 4.90 Å². The molecule has 3 heteroatoms. The lowest BCUT2D eigenvalue weighted by molar-refractivity contribution is 0.418. The Bertz CT molecular complexity index is 144. The van der Waals surface area contributed by atoms with E-state index in [0.29, 0.717) is 0 Å². The molecule has 1 unspecified atom stereocenters. The standard InChI is InChI=1S/C8H17N3/c1-7-3-2-5-11(6-4-7)8(9)10/h7H,2-6H2,1H3,(H3,9,10). The summed E-state index contributed by atoms with van der Waals surface area (Å²) in [6.45, 7) is 4.21. The number of hydrogen-bond acceptors (Lipinski definition) is 1. The van der Waals surface area contributed by atoms with E-state index in [0.717, 1.165) is 19.0 Å². The smallest absolute Gasteiger partial charge is 0.188 e. The molecule has 0 spiro atoms. The molecule has 3 N–H and O–H groups in total. The zero-order valence-electron chi connectivity index (χ0n) is 7.14. The molecular formula is C8H17N3. The van der Waals surface area contributed by atoms with Crippen LogP contribution in [0.15, 0.2) is 0 Å². The minimum absolute atomic E-state index is 0.235. The van der Waals surface area contributed by atoms with Gasteiger partial charge in [-0.15, -0.1) is 0 Å². The Balaban J connectivity index is 2.40. The van der Waals surface area contributed by atoms with E-state index >= 15 is 0 Å². The first-order valence-electron chi connectivity index (χ1n) is 4.29. The quantitative estimate of drug-likeness (QED) is 0.405. The maximum atomic E-state index is 7.26. The van der Waals surface area contributed by atoms with E-state index in [-0.39, 0.29) is 5.96 Å². The van der Waals surface area contributed by atoms with Crippen LogP contribution in [0.1, 0.15) is 26.2 Å². The average molecular weight is 155 g/mol. The molecule has 1 rings (SSSR count). The number of nitrogens with zero attached hydrogens (tertiary/aromatic N) is 1. The predicted molar refractivity (Wildman–Crippen MR) is 46.5 cm³/mol. The summed E-state index contributed by atoms with van der Waals surface area (Å²) in [5.41, 5.74) is 5.39. The Morgan fingerprint density at radius 3 is 2.82 bits per heavy atom. The monoisotopic (exact) mass is 155 g/mol. The zero-order valence-corrected chi connectivity index (χ0v) is 7.14. The van der Waals surface area contributed by atoms with Crippen LogP contribution in [0.4, 0.5) is 0 Å². The number of rotatable bonds is 0. The maximum Gasteiger partial charge on any atom is 0.188 e. The number of hydrogen-bond donors (Lipinski definition) is 2. The summed E-state index contributed by atoms with van der Waals surface area (Å²) < 4.78 is 0. The highest BCUT2D eigenvalue weighted by Gasteiger charge is 2.13. The van der Waals surface area contributed by atoms with Crippen LogP contribution in [0.25, 0.3) is 0 Å². The first-order chi connectivity index (χ1) is 5.20. The third-order valence-corrected chi connectivity index (χ3v) is 2.36. The zero-order chi connectivity index (χ0) is 8.27. The van der Waals surface area contributed by atoms with Crippen molar-refractivity contribution >= 4 is 5.96 Å². The van der Waals surface area contributed by atoms with Crippen LogP contribution < -0.4 is 5.73 Å². The topological polar surface area (TPSA) is 53.1 Å². The summed E-state index contributed by atoms with van der Waals surface area (Å²) in [6, 6.07) is 0. The minimum atomic E-state index is 0.235. The van der Waals surface area contributed by atoms with Crippen molar-refractivity contribution in [2.24, 2.45) is 11.7 Å². The highest BCUT2D eigenvalue weighted by Crippen LogP contribution is 2.15. The largest absolute Gasteiger partial charge is 0.370 e. The lowest BCUT2D eigenvalue weighted by Crippen LogP contribution is -2.37. The number of nitrogens with two attached hydrogens (primary N) is 1. The Kier molecular flexibility index (Phi) is 2.74. The molecule has 0 bridgehead atoms. The lowest BCUT2D eigenvalue weighted by Gasteiger charge is -2.19. The SMILES string of the molecule is CC1CCCN(C(=N)N)CC1. The molecule has 1 heterocycles. The highest BCUT2D eigenvalue weighted by atomic mass is 15.2. The van der Waals surface area contributed by atoms with Gasteiger partial charge in [-0.3, -0.25) is 5.41 Å². The van der Waals surface area contributed by atoms with E-state index < -0.39 is 0 Å². The Morgan fingerprint density at radius 2 is 2.18 bits per heavy atom. The minimum Gasteiger partial charge on any atom is -0.370 e. The van der Waals surface area contributed by atoms with Gasteiger partial charge in [-0.2, -0.15) is 0 Å². The molecule has 1 aliphatic rings. The Hall–Kier alpha value is -0.730. The molecule has 0 radical (unpaired) electrons. The van der Waals surface area contributed by atoms with Crippen molar-refractivity contribution < 1.29 is 0 Å². The van der Waals surface area contributed by atoms with Crippen molar-refractivity contribution in [2.75, 3.05) is 13.1 Å². The molecular weight excluding hydrogens is 138 g/mol. The van der Waals surface area contributed by atoms with Crippen LogP contribution in [0.3, 0.4) is 0 Å². The predicted octanol–water partition coefficient (Wildman–Crippen LogP) is 1.00. The van der Waals surface area contributed by atoms with E-state index in [9.17, 15) is 0 Å². The normalized spacial score (nSPS) is 26.3. The second kappa shape index (κ2) is 3.60. The molecule has 1 saturated heterocycles. The molecule has 1 atom stereocenters. The van der Waals surface area contributed by atoms with Gasteiger partial charge in [-0.1, -0.05) is 6.92 Å². The average Bonchev–Trinajstić information content (AvgIpc) is 2.13. The van der Waals surface area contributed by atoms with Crippen molar-refractivity contribution in [1.29, 1.82) is 5.41 Å². The molecule has 0 aromatic rings. The number of nitrogens with one attached hydrogen (secondary N) is 1. The van der Waals surface area contributed by atoms with Crippen LogP contribution in [0, 0.1) is 11.3 Å². The van der Waals surface area contributed by atoms with Gasteiger partial charge in [-0.25, -0.2) is 0 Å². The molecule has 0 aromatic carbocycles. The van der Waals surface area contributed by atoms with Gasteiger partial charge in [0.05, 0.1) is 0 Å². The summed E-state index contributed by atoms with van der Waals surface area (Å²) in [4.78, 5) is 1.96. The van der Waals surface area contributed by atoms with Crippen molar-refractivity contribution in [3.63, 3.8) is 0 Å². The summed E-state index contributed by atoms with van der Waals surface area (Å²) in [6.07, 6.45) is 3.64. The third-order valence-electron chi connectivity index (χ3n) is 2.36. The fourth-order valence-corrected chi connectivity index (χ4v) is 1.50. The second-order valence-electron chi connectivity index (χ2n) is 3.41. The fourth-order valence-electron chi connectivity index (χ4n) is 1.50. The molecule has 64 valence electrons. The van der Waals surface area contributed by atoms with Gasteiger partial charge in [0.25, 0.3) is 0 Å². The Morgan fingerprint density at radius 1 is 1.45 bits per heavy atom. The van der Waals surface area contributed by atoms with Gasteiger partial charge in [0.15, 0.2) is 5.96 Å². The third kappa shape index (κ3) is 2.41. The first kappa shape index (κ1) is 8.37. The van der Waals surface area contributed by atoms with E-state index in [2.05, 4.69) is 6.92 Å². The molecule has 0 saturated carbocycles. The molecule has 0 aromatic heterocycles. The van der Waals surface area contributed by atoms with E-state index in [1.54, 1.807) is 0 Å². The van der Waals surface area contributed by atoms with Crippen LogP contribution >= 0.6 is 0 Å². The fraction of sp³-hybridized carbons (Fsp3) is 0.875. The van der Waals surface area contributed by atoms with Crippen molar-refractivity contribution in [3.05, 3.63) is 0 Å². The molecule has 11 heavy (non-hydrogen) atoms. The Labute approximate surface area is 68.1 Å². The van der Waals surface area contributed by atoms with Gasteiger partial charge < -0.3 is 10.6 Å². The molecule has 1 fully saturated rings. The summed E-state index contributed by atoms with van der Waals surface area (Å²) in [7, 11) is 0. The maximum absolute atomic E-state index is 7.26. The molecule has 1 aliphatic heterocycles. The molecule has 0 amide bonds. The van der Waals surface area contributed by atoms with Gasteiger partial charge in [0.1, 0.15) is 0 Å². The van der Waals surface area contributed by atoms with E-state index in [1.165, 1.54) is 19.3 Å². The van der Waals surface area contributed by atoms with Gasteiger partial charge in [0.2, 0.25) is 0 Å². The van der Waals surface area contributed by atoms with Gasteiger partial charge in [-0.05, 0) is 25.2 Å². The number of guanidine groups is 1. The lowest BCUT2D eigenvalue weighted by atomic mass is 10.0. The van der Waals surface area contributed by atoms with Gasteiger partial charge >= 0.3 is 0 Å². The van der Waals surface area contributed by atoms with E-state index in [4.69, 9.17) is 11.1 Å². The van der Waals surface area contributed by atoms with Crippen molar-refractivity contribution in [3.8, 4) is 0 Å². The molecule has 0 aliphatic carbocycles. The highest BCUT2D eigenvalue weighted by molar-refractivity contribution is 5.74. The molecule has 3 nitrogen and oxygen atoms in total. The summed E-state index contributed by atoms with van der Waals surface area (Å²) in [5.74, 6) is 1.04. The van der Waals surface area contributed by atoms with Crippen molar-refractivity contribution in [1.82, 2.24) is 4.90 Å². The van der Waals surface area contributed by atoms with Crippen LogP contribution in [-0.2, 0) is 0 Å². The second-order valence-corrected chi connectivity index (χ2v) is 3.41. The van der Waals surface area contributed by atoms with Crippen LogP contribution in [0.5, 0.6) is 0 Å². The van der Waals surface area contributed by atoms with Crippen LogP contribution in [0.2, 0.25) is 0 Å². The summed E-state index contributed by atoms with van der Waals surface area (Å²) in [5, 5.41) is 7.26. The van der Waals surface area contributed by atoms with Crippen molar-refractivity contribution in [2.45, 2.75) is 26.2 Å². The van der Waals surface area contributed by atoms with Crippen LogP contribution in [-0.4, -0.2) is 23.9 Å². The number of likely N-dealkylation sites (tertiary alicyclic amines) is 1. The summed E-state index contributed by atoms with van der Waals surface area (Å²) >= 11 is 0. The van der Waals surface area contributed by atoms with Gasteiger partial charge in [0, 0.05) is 13.1 Å². The first-order valence-corrected chi connectivity index (χ1v) is 4.29.